The van der Waals surface area contributed by atoms with Gasteiger partial charge in [0.25, 0.3) is 0 Å². The molecule has 3 nitrogen and oxygen atoms in total. The van der Waals surface area contributed by atoms with Crippen LogP contribution >= 0.6 is 0 Å². The van der Waals surface area contributed by atoms with E-state index in [-0.39, 0.29) is 0 Å². The molecule has 0 fully saturated rings. The van der Waals surface area contributed by atoms with E-state index in [0.717, 1.165) is 21.9 Å². The summed E-state index contributed by atoms with van der Waals surface area (Å²) in [6.07, 6.45) is 1.60. The van der Waals surface area contributed by atoms with Gasteiger partial charge in [-0.25, -0.2) is 0 Å². The van der Waals surface area contributed by atoms with Crippen LogP contribution in [0, 0.1) is 0 Å². The maximum atomic E-state index is 5.64. The Morgan fingerprint density at radius 3 is 2.88 bits per heavy atom. The first-order chi connectivity index (χ1) is 7.93. The highest BCUT2D eigenvalue weighted by atomic mass is 16.5. The first-order valence-electron chi connectivity index (χ1n) is 5.08. The summed E-state index contributed by atoms with van der Waals surface area (Å²) in [5.74, 6) is 0. The Bertz CT molecular complexity index is 810. The highest BCUT2D eigenvalue weighted by Crippen LogP contribution is 2.33. The number of nitrogens with zero attached hydrogens (tertiary/aromatic N) is 1. The third-order valence-corrected chi connectivity index (χ3v) is 2.88. The molecule has 0 saturated heterocycles. The Morgan fingerprint density at radius 1 is 0.938 bits per heavy atom. The Labute approximate surface area is 90.2 Å². The summed E-state index contributed by atoms with van der Waals surface area (Å²) < 4.78 is 10.9. The van der Waals surface area contributed by atoms with Gasteiger partial charge in [0.1, 0.15) is 11.8 Å². The van der Waals surface area contributed by atoms with Crippen LogP contribution in [-0.4, -0.2) is 5.16 Å². The molecule has 0 atom stereocenters. The SMILES string of the molecule is c1ccc2c(c1)ccc1oc3cnoc3c12. The Balaban J connectivity index is 2.41. The van der Waals surface area contributed by atoms with E-state index in [1.807, 2.05) is 24.3 Å². The Hall–Kier alpha value is -2.29. The fourth-order valence-electron chi connectivity index (χ4n) is 2.16. The largest absolute Gasteiger partial charge is 0.451 e. The van der Waals surface area contributed by atoms with E-state index in [1.54, 1.807) is 6.20 Å². The zero-order chi connectivity index (χ0) is 10.5. The minimum Gasteiger partial charge on any atom is -0.451 e. The van der Waals surface area contributed by atoms with E-state index in [0.29, 0.717) is 5.58 Å². The second-order valence-corrected chi connectivity index (χ2v) is 3.78. The maximum absolute atomic E-state index is 5.64. The number of fused-ring (bicyclic) bond motifs is 5. The van der Waals surface area contributed by atoms with Crippen LogP contribution in [0.15, 0.2) is 51.5 Å². The average molecular weight is 209 g/mol. The predicted molar refractivity (Wildman–Crippen MR) is 61.3 cm³/mol. The van der Waals surface area contributed by atoms with Crippen LogP contribution in [0.4, 0.5) is 0 Å². The van der Waals surface area contributed by atoms with Crippen molar-refractivity contribution in [2.75, 3.05) is 0 Å². The number of aromatic nitrogens is 1. The topological polar surface area (TPSA) is 39.2 Å². The standard InChI is InChI=1S/C13H7NO2/c1-2-4-9-8(3-1)5-6-10-12(9)13-11(15-10)7-14-16-13/h1-7H. The molecule has 76 valence electrons. The summed E-state index contributed by atoms with van der Waals surface area (Å²) in [7, 11) is 0. The fourth-order valence-corrected chi connectivity index (χ4v) is 2.16. The minimum atomic E-state index is 0.700. The zero-order valence-electron chi connectivity index (χ0n) is 8.31. The van der Waals surface area contributed by atoms with Gasteiger partial charge in [-0.05, 0) is 16.8 Å². The summed E-state index contributed by atoms with van der Waals surface area (Å²) in [4.78, 5) is 0. The van der Waals surface area contributed by atoms with Crippen LogP contribution in [0.2, 0.25) is 0 Å². The van der Waals surface area contributed by atoms with Gasteiger partial charge in [0.15, 0.2) is 5.58 Å². The molecule has 0 unspecified atom stereocenters. The summed E-state index contributed by atoms with van der Waals surface area (Å²) in [6, 6.07) is 12.2. The lowest BCUT2D eigenvalue weighted by Crippen LogP contribution is -1.72. The molecule has 0 aliphatic heterocycles. The molecule has 2 aromatic heterocycles. The van der Waals surface area contributed by atoms with E-state index in [1.165, 1.54) is 5.39 Å². The van der Waals surface area contributed by atoms with Crippen LogP contribution in [0.25, 0.3) is 32.9 Å². The molecule has 3 heteroatoms. The molecule has 4 aromatic rings. The molecule has 0 amide bonds. The average Bonchev–Trinajstić information content (AvgIpc) is 2.88. The monoisotopic (exact) mass is 209 g/mol. The number of hydrogen-bond acceptors (Lipinski definition) is 3. The number of furan rings is 1. The summed E-state index contributed by atoms with van der Waals surface area (Å²) in [5, 5.41) is 7.06. The normalized spacial score (nSPS) is 11.8. The van der Waals surface area contributed by atoms with Gasteiger partial charge >= 0.3 is 0 Å². The van der Waals surface area contributed by atoms with Crippen LogP contribution in [-0.2, 0) is 0 Å². The van der Waals surface area contributed by atoms with Gasteiger partial charge in [-0.1, -0.05) is 35.5 Å². The minimum absolute atomic E-state index is 0.700. The Morgan fingerprint density at radius 2 is 1.88 bits per heavy atom. The van der Waals surface area contributed by atoms with Crippen molar-refractivity contribution >= 4 is 32.9 Å². The number of benzene rings is 2. The fraction of sp³-hybridized carbons (Fsp3) is 0. The smallest absolute Gasteiger partial charge is 0.213 e. The lowest BCUT2D eigenvalue weighted by atomic mass is 10.1. The van der Waals surface area contributed by atoms with E-state index in [9.17, 15) is 0 Å². The summed E-state index contributed by atoms with van der Waals surface area (Å²) in [5.41, 5.74) is 2.27. The molecule has 0 bridgehead atoms. The van der Waals surface area contributed by atoms with Crippen LogP contribution < -0.4 is 0 Å². The third kappa shape index (κ3) is 0.852. The van der Waals surface area contributed by atoms with Gasteiger partial charge in [0, 0.05) is 0 Å². The zero-order valence-corrected chi connectivity index (χ0v) is 8.31. The molecule has 2 heterocycles. The van der Waals surface area contributed by atoms with Crippen LogP contribution in [0.3, 0.4) is 0 Å². The molecular formula is C13H7NO2. The van der Waals surface area contributed by atoms with Crippen molar-refractivity contribution in [3.8, 4) is 0 Å². The van der Waals surface area contributed by atoms with Crippen molar-refractivity contribution in [2.24, 2.45) is 0 Å². The van der Waals surface area contributed by atoms with Crippen molar-refractivity contribution < 1.29 is 8.94 Å². The molecular weight excluding hydrogens is 202 g/mol. The van der Waals surface area contributed by atoms with Crippen molar-refractivity contribution in [3.63, 3.8) is 0 Å². The van der Waals surface area contributed by atoms with E-state index < -0.39 is 0 Å². The highest BCUT2D eigenvalue weighted by molar-refractivity contribution is 6.16. The molecule has 16 heavy (non-hydrogen) atoms. The van der Waals surface area contributed by atoms with Crippen LogP contribution in [0.1, 0.15) is 0 Å². The van der Waals surface area contributed by atoms with Gasteiger partial charge < -0.3 is 8.94 Å². The lowest BCUT2D eigenvalue weighted by molar-refractivity contribution is 0.459. The highest BCUT2D eigenvalue weighted by Gasteiger charge is 2.13. The van der Waals surface area contributed by atoms with Gasteiger partial charge in [0.05, 0.1) is 5.39 Å². The predicted octanol–water partition coefficient (Wildman–Crippen LogP) is 3.73. The van der Waals surface area contributed by atoms with Gasteiger partial charge in [0.2, 0.25) is 5.58 Å². The van der Waals surface area contributed by atoms with Gasteiger partial charge in [-0.2, -0.15) is 0 Å². The molecule has 0 N–H and O–H groups in total. The molecule has 0 radical (unpaired) electrons. The number of hydrogen-bond donors (Lipinski definition) is 0. The van der Waals surface area contributed by atoms with E-state index >= 15 is 0 Å². The molecule has 0 aliphatic rings. The Kier molecular flexibility index (Phi) is 1.31. The number of rotatable bonds is 0. The lowest BCUT2D eigenvalue weighted by Gasteiger charge is -1.96. The van der Waals surface area contributed by atoms with E-state index in [4.69, 9.17) is 8.94 Å². The molecule has 0 aliphatic carbocycles. The van der Waals surface area contributed by atoms with Crippen LogP contribution in [0.5, 0.6) is 0 Å². The quantitative estimate of drug-likeness (QED) is 0.443. The molecule has 2 aromatic carbocycles. The summed E-state index contributed by atoms with van der Waals surface area (Å²) >= 11 is 0. The first kappa shape index (κ1) is 7.93. The molecule has 0 saturated carbocycles. The third-order valence-electron chi connectivity index (χ3n) is 2.88. The van der Waals surface area contributed by atoms with Crippen molar-refractivity contribution in [3.05, 3.63) is 42.6 Å². The van der Waals surface area contributed by atoms with E-state index in [2.05, 4.69) is 17.3 Å². The van der Waals surface area contributed by atoms with Crippen molar-refractivity contribution in [1.29, 1.82) is 0 Å². The first-order valence-corrected chi connectivity index (χ1v) is 5.08. The maximum Gasteiger partial charge on any atom is 0.213 e. The van der Waals surface area contributed by atoms with Crippen molar-refractivity contribution in [2.45, 2.75) is 0 Å². The van der Waals surface area contributed by atoms with Gasteiger partial charge in [-0.15, -0.1) is 0 Å². The second kappa shape index (κ2) is 2.64. The van der Waals surface area contributed by atoms with Gasteiger partial charge in [-0.3, -0.25) is 0 Å². The molecule has 0 spiro atoms. The second-order valence-electron chi connectivity index (χ2n) is 3.78. The van der Waals surface area contributed by atoms with Crippen molar-refractivity contribution in [1.82, 2.24) is 5.16 Å². The molecule has 4 rings (SSSR count). The summed E-state index contributed by atoms with van der Waals surface area (Å²) in [6.45, 7) is 0.